The minimum atomic E-state index is -0.399. The number of anilines is 2. The van der Waals surface area contributed by atoms with E-state index < -0.39 is 5.91 Å². The molecular weight excluding hydrogens is 512 g/mol. The van der Waals surface area contributed by atoms with Crippen LogP contribution in [0.2, 0.25) is 5.15 Å². The third kappa shape index (κ3) is 5.63. The summed E-state index contributed by atoms with van der Waals surface area (Å²) < 4.78 is 5.43. The number of nitrogens with zero attached hydrogens (tertiary/aromatic N) is 6. The van der Waals surface area contributed by atoms with Crippen LogP contribution >= 0.6 is 22.9 Å². The van der Waals surface area contributed by atoms with E-state index >= 15 is 0 Å². The molecule has 0 radical (unpaired) electrons. The smallest absolute Gasteiger partial charge is 0.259 e. The predicted octanol–water partition coefficient (Wildman–Crippen LogP) is 5.44. The van der Waals surface area contributed by atoms with Crippen molar-refractivity contribution in [1.82, 2.24) is 29.9 Å². The second kappa shape index (κ2) is 11.2. The highest BCUT2D eigenvalue weighted by Gasteiger charge is 2.20. The number of nitrogens with two attached hydrogens (primary N) is 1. The number of halogens is 1. The number of carbonyl (C=O) groups is 1. The fourth-order valence-electron chi connectivity index (χ4n) is 3.39. The molecule has 5 heterocycles. The zero-order valence-electron chi connectivity index (χ0n) is 20.5. The van der Waals surface area contributed by atoms with Crippen molar-refractivity contribution < 1.29 is 9.53 Å². The van der Waals surface area contributed by atoms with E-state index in [1.807, 2.05) is 26.8 Å². The van der Waals surface area contributed by atoms with Gasteiger partial charge in [0.2, 0.25) is 0 Å². The molecule has 3 N–H and O–H groups in total. The number of hydrogen-bond donors (Lipinski definition) is 2. The van der Waals surface area contributed by atoms with Crippen molar-refractivity contribution in [3.8, 4) is 28.1 Å². The van der Waals surface area contributed by atoms with Gasteiger partial charge in [-0.25, -0.2) is 19.9 Å². The number of fused-ring (bicyclic) bond motifs is 1. The molecule has 37 heavy (non-hydrogen) atoms. The SMILES string of the molecule is CC.COc1cnc(Cl)cc1-c1cc(C)ncc1C(=O)Nc1nc2ncc(-c3ccc(N)nc3)nc2s1. The first-order valence-electron chi connectivity index (χ1n) is 11.2. The van der Waals surface area contributed by atoms with Crippen LogP contribution in [0.1, 0.15) is 29.9 Å². The Labute approximate surface area is 222 Å². The highest BCUT2D eigenvalue weighted by molar-refractivity contribution is 7.21. The van der Waals surface area contributed by atoms with Crippen LogP contribution < -0.4 is 15.8 Å². The Bertz CT molecular complexity index is 1570. The lowest BCUT2D eigenvalue weighted by Crippen LogP contribution is -2.14. The maximum Gasteiger partial charge on any atom is 0.259 e. The van der Waals surface area contributed by atoms with Gasteiger partial charge in [0.1, 0.15) is 16.7 Å². The minimum Gasteiger partial charge on any atom is -0.494 e. The molecule has 0 aromatic carbocycles. The Hall–Kier alpha value is -4.22. The summed E-state index contributed by atoms with van der Waals surface area (Å²) in [6, 6.07) is 6.94. The summed E-state index contributed by atoms with van der Waals surface area (Å²) >= 11 is 7.33. The number of methoxy groups -OCH3 is 1. The van der Waals surface area contributed by atoms with Gasteiger partial charge in [-0.15, -0.1) is 0 Å². The van der Waals surface area contributed by atoms with Gasteiger partial charge < -0.3 is 10.5 Å². The zero-order valence-corrected chi connectivity index (χ0v) is 22.1. The number of pyridine rings is 3. The molecule has 1 amide bonds. The van der Waals surface area contributed by atoms with Crippen molar-refractivity contribution in [2.45, 2.75) is 20.8 Å². The Morgan fingerprint density at radius 1 is 1.00 bits per heavy atom. The number of nitrogens with one attached hydrogen (secondary N) is 1. The first-order chi connectivity index (χ1) is 17.9. The molecule has 0 unspecified atom stereocenters. The number of hydrogen-bond acceptors (Lipinski definition) is 10. The van der Waals surface area contributed by atoms with Crippen LogP contribution in [0.4, 0.5) is 10.9 Å². The van der Waals surface area contributed by atoms with Crippen molar-refractivity contribution in [3.63, 3.8) is 0 Å². The monoisotopic (exact) mass is 534 g/mol. The van der Waals surface area contributed by atoms with Gasteiger partial charge in [0, 0.05) is 34.8 Å². The summed E-state index contributed by atoms with van der Waals surface area (Å²) in [5, 5.41) is 3.45. The maximum atomic E-state index is 13.3. The average Bonchev–Trinajstić information content (AvgIpc) is 3.31. The van der Waals surface area contributed by atoms with Crippen molar-refractivity contribution in [2.24, 2.45) is 0 Å². The van der Waals surface area contributed by atoms with Crippen LogP contribution in [0.15, 0.2) is 49.1 Å². The minimum absolute atomic E-state index is 0.275. The van der Waals surface area contributed by atoms with E-state index in [1.165, 1.54) is 30.8 Å². The lowest BCUT2D eigenvalue weighted by Gasteiger charge is -2.13. The summed E-state index contributed by atoms with van der Waals surface area (Å²) in [6.45, 7) is 5.83. The number of rotatable bonds is 5. The number of carbonyl (C=O) groups excluding carboxylic acids is 1. The van der Waals surface area contributed by atoms with E-state index in [4.69, 9.17) is 22.1 Å². The van der Waals surface area contributed by atoms with Gasteiger partial charge in [-0.1, -0.05) is 36.8 Å². The normalized spacial score (nSPS) is 10.5. The second-order valence-electron chi connectivity index (χ2n) is 7.41. The lowest BCUT2D eigenvalue weighted by molar-refractivity contribution is 0.102. The number of ether oxygens (including phenoxy) is 1. The van der Waals surface area contributed by atoms with Crippen molar-refractivity contribution in [3.05, 3.63) is 65.5 Å². The molecule has 0 saturated carbocycles. The molecule has 0 fully saturated rings. The lowest BCUT2D eigenvalue weighted by atomic mass is 10.0. The van der Waals surface area contributed by atoms with Gasteiger partial charge in [0.05, 0.1) is 30.8 Å². The van der Waals surface area contributed by atoms with Crippen LogP contribution in [0, 0.1) is 6.92 Å². The summed E-state index contributed by atoms with van der Waals surface area (Å²) in [7, 11) is 1.53. The molecule has 0 aliphatic carbocycles. The van der Waals surface area contributed by atoms with Gasteiger partial charge in [-0.2, -0.15) is 4.98 Å². The van der Waals surface area contributed by atoms with Crippen LogP contribution in [0.5, 0.6) is 5.75 Å². The molecule has 0 bridgehead atoms. The van der Waals surface area contributed by atoms with Gasteiger partial charge in [0.15, 0.2) is 15.6 Å². The summed E-state index contributed by atoms with van der Waals surface area (Å²) in [5.74, 6) is 0.499. The Morgan fingerprint density at radius 2 is 1.81 bits per heavy atom. The molecule has 12 heteroatoms. The molecule has 188 valence electrons. The van der Waals surface area contributed by atoms with Crippen LogP contribution in [0.25, 0.3) is 32.9 Å². The first-order valence-corrected chi connectivity index (χ1v) is 12.4. The molecule has 0 aliphatic rings. The van der Waals surface area contributed by atoms with Gasteiger partial charge in [0.25, 0.3) is 5.91 Å². The van der Waals surface area contributed by atoms with Crippen molar-refractivity contribution >= 4 is 50.3 Å². The summed E-state index contributed by atoms with van der Waals surface area (Å²) in [6.07, 6.45) is 6.24. The van der Waals surface area contributed by atoms with E-state index in [2.05, 4.69) is 35.2 Å². The van der Waals surface area contributed by atoms with Crippen molar-refractivity contribution in [2.75, 3.05) is 18.2 Å². The quantitative estimate of drug-likeness (QED) is 0.282. The highest BCUT2D eigenvalue weighted by Crippen LogP contribution is 2.34. The standard InChI is InChI=1S/C23H17ClN8O2S.C2H6/c1-11-5-13(14-6-18(24)27-10-17(14)34-2)15(8-26-11)21(33)32-23-31-20-22(35-23)30-16(9-29-20)12-3-4-19(25)28-7-12;1-2/h3-10H,1-2H3,(H2,25,28)(H,29,31,32,33);1-2H3. The molecule has 0 saturated heterocycles. The van der Waals surface area contributed by atoms with Crippen LogP contribution in [-0.2, 0) is 0 Å². The topological polar surface area (TPSA) is 142 Å². The zero-order chi connectivity index (χ0) is 26.5. The molecule has 0 spiro atoms. The molecule has 5 rings (SSSR count). The average molecular weight is 535 g/mol. The summed E-state index contributed by atoms with van der Waals surface area (Å²) in [5.41, 5.74) is 9.75. The number of nitrogen functional groups attached to an aromatic ring is 1. The number of aryl methyl sites for hydroxylation is 1. The van der Waals surface area contributed by atoms with Gasteiger partial charge in [-0.3, -0.25) is 15.1 Å². The molecule has 5 aromatic heterocycles. The maximum absolute atomic E-state index is 13.3. The predicted molar refractivity (Wildman–Crippen MR) is 146 cm³/mol. The molecule has 10 nitrogen and oxygen atoms in total. The van der Waals surface area contributed by atoms with E-state index in [9.17, 15) is 4.79 Å². The fourth-order valence-corrected chi connectivity index (χ4v) is 4.34. The van der Waals surface area contributed by atoms with E-state index in [0.29, 0.717) is 49.6 Å². The van der Waals surface area contributed by atoms with Crippen LogP contribution in [-0.4, -0.2) is 42.9 Å². The van der Waals surface area contributed by atoms with E-state index in [0.717, 1.165) is 11.3 Å². The number of thiazole rings is 1. The number of aromatic nitrogens is 6. The van der Waals surface area contributed by atoms with Gasteiger partial charge >= 0.3 is 0 Å². The molecular formula is C25H23ClN8O2S. The first kappa shape index (κ1) is 25.9. The second-order valence-corrected chi connectivity index (χ2v) is 8.77. The third-order valence-electron chi connectivity index (χ3n) is 5.06. The van der Waals surface area contributed by atoms with Gasteiger partial charge in [-0.05, 0) is 31.2 Å². The largest absolute Gasteiger partial charge is 0.494 e. The molecule has 0 aliphatic heterocycles. The fraction of sp³-hybridized carbons (Fsp3) is 0.160. The Balaban J connectivity index is 0.00000156. The number of amides is 1. The summed E-state index contributed by atoms with van der Waals surface area (Å²) in [4.78, 5) is 39.6. The highest BCUT2D eigenvalue weighted by atomic mass is 35.5. The van der Waals surface area contributed by atoms with E-state index in [1.54, 1.807) is 30.6 Å². The molecule has 5 aromatic rings. The van der Waals surface area contributed by atoms with Crippen LogP contribution in [0.3, 0.4) is 0 Å². The molecule has 0 atom stereocenters. The Morgan fingerprint density at radius 3 is 2.54 bits per heavy atom. The third-order valence-corrected chi connectivity index (χ3v) is 6.12. The van der Waals surface area contributed by atoms with Crippen molar-refractivity contribution in [1.29, 1.82) is 0 Å². The Kier molecular flexibility index (Phi) is 7.85. The van der Waals surface area contributed by atoms with E-state index in [-0.39, 0.29) is 5.15 Å².